The van der Waals surface area contributed by atoms with Gasteiger partial charge in [-0.05, 0) is 18.7 Å². The van der Waals surface area contributed by atoms with Gasteiger partial charge in [0.05, 0.1) is 12.1 Å². The van der Waals surface area contributed by atoms with Crippen molar-refractivity contribution in [2.24, 2.45) is 10.9 Å². The van der Waals surface area contributed by atoms with Gasteiger partial charge in [-0.15, -0.1) is 0 Å². The minimum absolute atomic E-state index is 0.200. The molecule has 0 aliphatic rings. The molecule has 18 heavy (non-hydrogen) atoms. The summed E-state index contributed by atoms with van der Waals surface area (Å²) in [6.07, 6.45) is 1.79. The first kappa shape index (κ1) is 12.3. The van der Waals surface area contributed by atoms with E-state index in [2.05, 4.69) is 10.1 Å². The summed E-state index contributed by atoms with van der Waals surface area (Å²) in [6.45, 7) is 1.12. The molecule has 5 heteroatoms. The van der Waals surface area contributed by atoms with Crippen molar-refractivity contribution in [3.05, 3.63) is 42.1 Å². The van der Waals surface area contributed by atoms with Crippen molar-refractivity contribution < 1.29 is 5.21 Å². The van der Waals surface area contributed by atoms with E-state index in [9.17, 15) is 0 Å². The lowest BCUT2D eigenvalue weighted by Crippen LogP contribution is -2.30. The molecule has 0 bridgehead atoms. The van der Waals surface area contributed by atoms with Gasteiger partial charge in [-0.3, -0.25) is 9.88 Å². The molecule has 0 amide bonds. The highest BCUT2D eigenvalue weighted by Crippen LogP contribution is 2.16. The van der Waals surface area contributed by atoms with Crippen LogP contribution in [-0.2, 0) is 6.54 Å². The van der Waals surface area contributed by atoms with Crippen molar-refractivity contribution in [2.45, 2.75) is 6.54 Å². The van der Waals surface area contributed by atoms with Crippen molar-refractivity contribution in [3.8, 4) is 0 Å². The molecule has 0 saturated heterocycles. The zero-order valence-electron chi connectivity index (χ0n) is 10.2. The molecule has 0 saturated carbocycles. The van der Waals surface area contributed by atoms with Crippen molar-refractivity contribution in [1.29, 1.82) is 0 Å². The lowest BCUT2D eigenvalue weighted by Gasteiger charge is -2.16. The maximum absolute atomic E-state index is 8.55. The summed E-state index contributed by atoms with van der Waals surface area (Å²) in [5.41, 5.74) is 7.60. The SMILES string of the molecule is CN(CC(N)=NO)Cc1cccc2cccnc12. The molecule has 1 aromatic carbocycles. The molecule has 0 radical (unpaired) electrons. The molecule has 0 aliphatic carbocycles. The van der Waals surface area contributed by atoms with Gasteiger partial charge < -0.3 is 10.9 Å². The van der Waals surface area contributed by atoms with Crippen LogP contribution < -0.4 is 5.73 Å². The molecular weight excluding hydrogens is 228 g/mol. The zero-order valence-corrected chi connectivity index (χ0v) is 10.2. The fourth-order valence-corrected chi connectivity index (χ4v) is 1.95. The zero-order chi connectivity index (χ0) is 13.0. The van der Waals surface area contributed by atoms with Gasteiger partial charge in [-0.25, -0.2) is 0 Å². The summed E-state index contributed by atoms with van der Waals surface area (Å²) in [7, 11) is 1.92. The Morgan fingerprint density at radius 1 is 1.39 bits per heavy atom. The first-order valence-corrected chi connectivity index (χ1v) is 5.68. The third-order valence-electron chi connectivity index (χ3n) is 2.72. The summed E-state index contributed by atoms with van der Waals surface area (Å²) < 4.78 is 0. The number of likely N-dealkylation sites (N-methyl/N-ethyl adjacent to an activating group) is 1. The second kappa shape index (κ2) is 5.46. The highest BCUT2D eigenvalue weighted by Gasteiger charge is 2.06. The third-order valence-corrected chi connectivity index (χ3v) is 2.72. The van der Waals surface area contributed by atoms with Crippen LogP contribution in [0.2, 0.25) is 0 Å². The number of pyridine rings is 1. The molecule has 1 aromatic heterocycles. The maximum atomic E-state index is 8.55. The summed E-state index contributed by atoms with van der Waals surface area (Å²) in [5, 5.41) is 12.6. The van der Waals surface area contributed by atoms with Gasteiger partial charge in [0, 0.05) is 18.1 Å². The Morgan fingerprint density at radius 3 is 2.94 bits per heavy atom. The van der Waals surface area contributed by atoms with E-state index >= 15 is 0 Å². The van der Waals surface area contributed by atoms with Crippen LogP contribution in [0.5, 0.6) is 0 Å². The number of amidine groups is 1. The number of oxime groups is 1. The number of para-hydroxylation sites is 1. The lowest BCUT2D eigenvalue weighted by atomic mass is 10.1. The fourth-order valence-electron chi connectivity index (χ4n) is 1.95. The molecule has 0 atom stereocenters. The van der Waals surface area contributed by atoms with Gasteiger partial charge in [0.1, 0.15) is 0 Å². The monoisotopic (exact) mass is 244 g/mol. The average molecular weight is 244 g/mol. The van der Waals surface area contributed by atoms with Crippen molar-refractivity contribution in [1.82, 2.24) is 9.88 Å². The van der Waals surface area contributed by atoms with E-state index in [4.69, 9.17) is 10.9 Å². The van der Waals surface area contributed by atoms with E-state index in [0.717, 1.165) is 16.5 Å². The molecule has 3 N–H and O–H groups in total. The molecule has 0 unspecified atom stereocenters. The molecule has 5 nitrogen and oxygen atoms in total. The highest BCUT2D eigenvalue weighted by molar-refractivity contribution is 5.82. The topological polar surface area (TPSA) is 74.7 Å². The van der Waals surface area contributed by atoms with Gasteiger partial charge in [0.15, 0.2) is 5.84 Å². The van der Waals surface area contributed by atoms with Crippen molar-refractivity contribution in [3.63, 3.8) is 0 Å². The highest BCUT2D eigenvalue weighted by atomic mass is 16.4. The van der Waals surface area contributed by atoms with Crippen LogP contribution in [0.15, 0.2) is 41.7 Å². The van der Waals surface area contributed by atoms with Crippen LogP contribution in [0.25, 0.3) is 10.9 Å². The normalized spacial score (nSPS) is 12.2. The maximum Gasteiger partial charge on any atom is 0.153 e. The lowest BCUT2D eigenvalue weighted by molar-refractivity contribution is 0.308. The summed E-state index contributed by atoms with van der Waals surface area (Å²) in [6, 6.07) is 10.0. The summed E-state index contributed by atoms with van der Waals surface area (Å²) in [4.78, 5) is 6.37. The number of rotatable bonds is 4. The Balaban J connectivity index is 2.21. The number of hydrogen-bond acceptors (Lipinski definition) is 4. The van der Waals surface area contributed by atoms with Gasteiger partial charge >= 0.3 is 0 Å². The van der Waals surface area contributed by atoms with E-state index in [1.165, 1.54) is 0 Å². The Kier molecular flexibility index (Phi) is 3.74. The predicted octanol–water partition coefficient (Wildman–Crippen LogP) is 1.41. The average Bonchev–Trinajstić information content (AvgIpc) is 2.39. The van der Waals surface area contributed by atoms with Crippen LogP contribution in [0.3, 0.4) is 0 Å². The molecule has 0 fully saturated rings. The van der Waals surface area contributed by atoms with Crippen LogP contribution >= 0.6 is 0 Å². The van der Waals surface area contributed by atoms with E-state index in [1.54, 1.807) is 6.20 Å². The van der Waals surface area contributed by atoms with E-state index in [0.29, 0.717) is 13.1 Å². The Morgan fingerprint density at radius 2 is 2.17 bits per heavy atom. The van der Waals surface area contributed by atoms with Crippen molar-refractivity contribution in [2.75, 3.05) is 13.6 Å². The predicted molar refractivity (Wildman–Crippen MR) is 71.5 cm³/mol. The second-order valence-corrected chi connectivity index (χ2v) is 4.26. The molecule has 2 aromatic rings. The Hall–Kier alpha value is -2.14. The largest absolute Gasteiger partial charge is 0.409 e. The number of aromatic nitrogens is 1. The molecule has 2 rings (SSSR count). The van der Waals surface area contributed by atoms with Crippen LogP contribution in [0.4, 0.5) is 0 Å². The van der Waals surface area contributed by atoms with Gasteiger partial charge in [0.2, 0.25) is 0 Å². The number of benzene rings is 1. The second-order valence-electron chi connectivity index (χ2n) is 4.26. The Labute approximate surface area is 106 Å². The molecular formula is C13H16N4O. The van der Waals surface area contributed by atoms with Crippen LogP contribution in [0, 0.1) is 0 Å². The smallest absolute Gasteiger partial charge is 0.153 e. The van der Waals surface area contributed by atoms with E-state index in [1.807, 2.05) is 42.3 Å². The van der Waals surface area contributed by atoms with Gasteiger partial charge in [-0.2, -0.15) is 0 Å². The van der Waals surface area contributed by atoms with Crippen molar-refractivity contribution >= 4 is 16.7 Å². The van der Waals surface area contributed by atoms with Gasteiger partial charge in [0.25, 0.3) is 0 Å². The summed E-state index contributed by atoms with van der Waals surface area (Å²) >= 11 is 0. The molecule has 0 spiro atoms. The fraction of sp³-hybridized carbons (Fsp3) is 0.231. The standard InChI is InChI=1S/C13H16N4O/c1-17(9-12(14)16-18)8-11-5-2-4-10-6-3-7-15-13(10)11/h2-7,18H,8-9H2,1H3,(H2,14,16). The first-order valence-electron chi connectivity index (χ1n) is 5.68. The minimum atomic E-state index is 0.200. The Bertz CT molecular complexity index is 562. The quantitative estimate of drug-likeness (QED) is 0.369. The van der Waals surface area contributed by atoms with E-state index in [-0.39, 0.29) is 5.84 Å². The third kappa shape index (κ3) is 2.75. The molecule has 0 aliphatic heterocycles. The van der Waals surface area contributed by atoms with Gasteiger partial charge in [-0.1, -0.05) is 29.4 Å². The molecule has 94 valence electrons. The summed E-state index contributed by atoms with van der Waals surface area (Å²) in [5.74, 6) is 0.200. The minimum Gasteiger partial charge on any atom is -0.409 e. The number of fused-ring (bicyclic) bond motifs is 1. The number of nitrogens with zero attached hydrogens (tertiary/aromatic N) is 3. The van der Waals surface area contributed by atoms with Crippen LogP contribution in [-0.4, -0.2) is 34.5 Å². The molecule has 1 heterocycles. The first-order chi connectivity index (χ1) is 8.70. The number of hydrogen-bond donors (Lipinski definition) is 2. The van der Waals surface area contributed by atoms with Crippen LogP contribution in [0.1, 0.15) is 5.56 Å². The number of nitrogens with two attached hydrogens (primary N) is 1. The van der Waals surface area contributed by atoms with E-state index < -0.39 is 0 Å².